The molecule has 0 bridgehead atoms. The predicted molar refractivity (Wildman–Crippen MR) is 88.5 cm³/mol. The molecule has 0 spiro atoms. The third kappa shape index (κ3) is 5.60. The summed E-state index contributed by atoms with van der Waals surface area (Å²) in [6, 6.07) is 9.04. The predicted octanol–water partition coefficient (Wildman–Crippen LogP) is 0.839. The first-order valence-electron chi connectivity index (χ1n) is 7.87. The fourth-order valence-electron chi connectivity index (χ4n) is 2.77. The maximum Gasteiger partial charge on any atom is 0.253 e. The number of nitrogens with zero attached hydrogens (tertiary/aromatic N) is 1. The van der Waals surface area contributed by atoms with Crippen molar-refractivity contribution >= 4 is 15.9 Å². The number of benzene rings is 1. The summed E-state index contributed by atoms with van der Waals surface area (Å²) in [7, 11) is -3.44. The number of hydrogen-bond donors (Lipinski definition) is 2. The smallest absolute Gasteiger partial charge is 0.253 e. The Morgan fingerprint density at radius 3 is 2.74 bits per heavy atom. The van der Waals surface area contributed by atoms with Gasteiger partial charge >= 0.3 is 0 Å². The van der Waals surface area contributed by atoms with Crippen LogP contribution in [0.2, 0.25) is 0 Å². The average Bonchev–Trinajstić information content (AvgIpc) is 2.53. The number of nitrogens with one attached hydrogen (secondary N) is 1. The van der Waals surface area contributed by atoms with Gasteiger partial charge in [0.1, 0.15) is 0 Å². The van der Waals surface area contributed by atoms with Crippen molar-refractivity contribution in [3.63, 3.8) is 0 Å². The third-order valence-electron chi connectivity index (χ3n) is 3.88. The maximum absolute atomic E-state index is 12.5. The lowest BCUT2D eigenvalue weighted by molar-refractivity contribution is 0.0684. The second kappa shape index (κ2) is 7.90. The van der Waals surface area contributed by atoms with Crippen LogP contribution in [0.25, 0.3) is 0 Å². The van der Waals surface area contributed by atoms with Gasteiger partial charge in [-0.25, -0.2) is 13.1 Å². The van der Waals surface area contributed by atoms with E-state index in [2.05, 4.69) is 4.72 Å². The fraction of sp³-hybridized carbons (Fsp3) is 0.562. The summed E-state index contributed by atoms with van der Waals surface area (Å²) < 4.78 is 26.4. The second-order valence-electron chi connectivity index (χ2n) is 6.10. The van der Waals surface area contributed by atoms with Crippen molar-refractivity contribution in [1.82, 2.24) is 9.62 Å². The van der Waals surface area contributed by atoms with Gasteiger partial charge in [0.15, 0.2) is 0 Å². The van der Waals surface area contributed by atoms with Crippen molar-refractivity contribution in [2.24, 2.45) is 5.92 Å². The molecule has 128 valence electrons. The molecule has 0 unspecified atom stereocenters. The minimum atomic E-state index is -3.44. The Morgan fingerprint density at radius 2 is 2.09 bits per heavy atom. The Balaban J connectivity index is 1.94. The molecular formula is C16H24N2O4S. The third-order valence-corrected chi connectivity index (χ3v) is 5.40. The quantitative estimate of drug-likeness (QED) is 0.803. The van der Waals surface area contributed by atoms with Gasteiger partial charge in [-0.3, -0.25) is 4.79 Å². The van der Waals surface area contributed by atoms with E-state index < -0.39 is 16.1 Å². The minimum Gasteiger partial charge on any atom is -0.392 e. The molecule has 0 aliphatic carbocycles. The summed E-state index contributed by atoms with van der Waals surface area (Å²) in [5.41, 5.74) is 0.628. The summed E-state index contributed by atoms with van der Waals surface area (Å²) >= 11 is 0. The van der Waals surface area contributed by atoms with E-state index >= 15 is 0 Å². The number of piperidine rings is 1. The SMILES string of the molecule is C[C@H](O)CNS(=O)(=O)C[C@@H]1CCCN(C(=O)c2ccccc2)C1. The van der Waals surface area contributed by atoms with Gasteiger partial charge in [-0.05, 0) is 37.8 Å². The molecule has 23 heavy (non-hydrogen) atoms. The molecule has 6 nitrogen and oxygen atoms in total. The molecule has 0 aromatic heterocycles. The van der Waals surface area contributed by atoms with E-state index in [1.807, 2.05) is 18.2 Å². The lowest BCUT2D eigenvalue weighted by Gasteiger charge is -2.32. The summed E-state index contributed by atoms with van der Waals surface area (Å²) in [5.74, 6) is -0.147. The van der Waals surface area contributed by atoms with Crippen LogP contribution in [0.15, 0.2) is 30.3 Å². The standard InChI is InChI=1S/C16H24N2O4S/c1-13(19)10-17-23(21,22)12-14-6-5-9-18(11-14)16(20)15-7-3-2-4-8-15/h2-4,7-8,13-14,17,19H,5-6,9-12H2,1H3/t13-,14+/m0/s1. The lowest BCUT2D eigenvalue weighted by atomic mass is 9.99. The number of aliphatic hydroxyl groups is 1. The van der Waals surface area contributed by atoms with Crippen LogP contribution in [0.4, 0.5) is 0 Å². The van der Waals surface area contributed by atoms with Crippen LogP contribution >= 0.6 is 0 Å². The lowest BCUT2D eigenvalue weighted by Crippen LogP contribution is -2.43. The number of rotatable bonds is 6. The Kier molecular flexibility index (Phi) is 6.15. The number of likely N-dealkylation sites (tertiary alicyclic amines) is 1. The minimum absolute atomic E-state index is 0.0156. The second-order valence-corrected chi connectivity index (χ2v) is 7.96. The van der Waals surface area contributed by atoms with Gasteiger partial charge in [-0.2, -0.15) is 0 Å². The normalized spacial score (nSPS) is 20.3. The van der Waals surface area contributed by atoms with E-state index in [0.29, 0.717) is 18.7 Å². The van der Waals surface area contributed by atoms with E-state index in [9.17, 15) is 18.3 Å². The van der Waals surface area contributed by atoms with E-state index in [4.69, 9.17) is 0 Å². The van der Waals surface area contributed by atoms with Crippen LogP contribution < -0.4 is 4.72 Å². The molecule has 1 aliphatic heterocycles. The molecule has 7 heteroatoms. The summed E-state index contributed by atoms with van der Waals surface area (Å²) in [6.45, 7) is 2.65. The van der Waals surface area contributed by atoms with Gasteiger partial charge < -0.3 is 10.0 Å². The number of carbonyl (C=O) groups excluding carboxylic acids is 1. The molecule has 1 aromatic carbocycles. The largest absolute Gasteiger partial charge is 0.392 e. The van der Waals surface area contributed by atoms with Gasteiger partial charge in [-0.15, -0.1) is 0 Å². The van der Waals surface area contributed by atoms with Gasteiger partial charge in [0.2, 0.25) is 10.0 Å². The Hall–Kier alpha value is -1.44. The van der Waals surface area contributed by atoms with Gasteiger partial charge in [0, 0.05) is 25.2 Å². The van der Waals surface area contributed by atoms with Crippen LogP contribution in [0.3, 0.4) is 0 Å². The van der Waals surface area contributed by atoms with Crippen LogP contribution in [-0.4, -0.2) is 55.8 Å². The Morgan fingerprint density at radius 1 is 1.39 bits per heavy atom. The molecule has 1 aliphatic rings. The highest BCUT2D eigenvalue weighted by Crippen LogP contribution is 2.20. The molecule has 1 fully saturated rings. The van der Waals surface area contributed by atoms with Crippen molar-refractivity contribution < 1.29 is 18.3 Å². The van der Waals surface area contributed by atoms with Crippen molar-refractivity contribution in [2.75, 3.05) is 25.4 Å². The van der Waals surface area contributed by atoms with E-state index in [1.54, 1.807) is 17.0 Å². The number of aliphatic hydroxyl groups excluding tert-OH is 1. The highest BCUT2D eigenvalue weighted by atomic mass is 32.2. The molecule has 2 rings (SSSR count). The van der Waals surface area contributed by atoms with Crippen LogP contribution in [0.1, 0.15) is 30.1 Å². The highest BCUT2D eigenvalue weighted by molar-refractivity contribution is 7.89. The number of amides is 1. The first kappa shape index (κ1) is 17.9. The van der Waals surface area contributed by atoms with Gasteiger partial charge in [0.05, 0.1) is 11.9 Å². The van der Waals surface area contributed by atoms with Gasteiger partial charge in [-0.1, -0.05) is 18.2 Å². The zero-order chi connectivity index (χ0) is 16.9. The van der Waals surface area contributed by atoms with E-state index in [1.165, 1.54) is 6.92 Å². The van der Waals surface area contributed by atoms with Crippen molar-refractivity contribution in [1.29, 1.82) is 0 Å². The monoisotopic (exact) mass is 340 g/mol. The van der Waals surface area contributed by atoms with Crippen LogP contribution in [0, 0.1) is 5.92 Å². The topological polar surface area (TPSA) is 86.7 Å². The maximum atomic E-state index is 12.5. The summed E-state index contributed by atoms with van der Waals surface area (Å²) in [4.78, 5) is 14.2. The highest BCUT2D eigenvalue weighted by Gasteiger charge is 2.28. The molecule has 0 saturated carbocycles. The zero-order valence-corrected chi connectivity index (χ0v) is 14.1. The van der Waals surface area contributed by atoms with E-state index in [0.717, 1.165) is 12.8 Å². The van der Waals surface area contributed by atoms with Gasteiger partial charge in [0.25, 0.3) is 5.91 Å². The van der Waals surface area contributed by atoms with Crippen molar-refractivity contribution in [2.45, 2.75) is 25.9 Å². The fourth-order valence-corrected chi connectivity index (χ4v) is 4.27. The average molecular weight is 340 g/mol. The zero-order valence-electron chi connectivity index (χ0n) is 13.3. The van der Waals surface area contributed by atoms with Crippen molar-refractivity contribution in [3.05, 3.63) is 35.9 Å². The molecule has 1 aromatic rings. The summed E-state index contributed by atoms with van der Waals surface area (Å²) in [6.07, 6.45) is 0.871. The first-order valence-corrected chi connectivity index (χ1v) is 9.52. The first-order chi connectivity index (χ1) is 10.9. The Labute approximate surface area is 137 Å². The van der Waals surface area contributed by atoms with Crippen LogP contribution in [0.5, 0.6) is 0 Å². The molecule has 1 amide bonds. The molecule has 2 N–H and O–H groups in total. The van der Waals surface area contributed by atoms with Crippen molar-refractivity contribution in [3.8, 4) is 0 Å². The number of hydrogen-bond acceptors (Lipinski definition) is 4. The van der Waals surface area contributed by atoms with E-state index in [-0.39, 0.29) is 24.1 Å². The number of sulfonamides is 1. The number of carbonyl (C=O) groups is 1. The molecular weight excluding hydrogens is 316 g/mol. The molecule has 1 heterocycles. The molecule has 0 radical (unpaired) electrons. The van der Waals surface area contributed by atoms with Crippen LogP contribution in [-0.2, 0) is 10.0 Å². The Bertz CT molecular complexity index is 616. The summed E-state index contributed by atoms with van der Waals surface area (Å²) in [5, 5.41) is 9.18. The molecule has 2 atom stereocenters. The molecule has 1 saturated heterocycles.